The van der Waals surface area contributed by atoms with E-state index < -0.39 is 8.32 Å². The van der Waals surface area contributed by atoms with Crippen molar-refractivity contribution in [2.45, 2.75) is 129 Å². The van der Waals surface area contributed by atoms with Crippen LogP contribution in [-0.2, 0) is 18.6 Å². The van der Waals surface area contributed by atoms with Gasteiger partial charge in [-0.15, -0.1) is 0 Å². The predicted molar refractivity (Wildman–Crippen MR) is 141 cm³/mol. The van der Waals surface area contributed by atoms with E-state index in [9.17, 15) is 0 Å². The molecular formula is C27H58O4Si. The van der Waals surface area contributed by atoms with E-state index >= 15 is 0 Å². The summed E-state index contributed by atoms with van der Waals surface area (Å²) < 4.78 is 22.4. The van der Waals surface area contributed by atoms with Crippen LogP contribution in [0.15, 0.2) is 0 Å². The first-order chi connectivity index (χ1) is 15.6. The molecule has 0 aromatic rings. The molecule has 0 bridgehead atoms. The van der Waals surface area contributed by atoms with Gasteiger partial charge in [0.15, 0.2) is 8.32 Å². The minimum atomic E-state index is -1.41. The summed E-state index contributed by atoms with van der Waals surface area (Å²) in [5.41, 5.74) is 0. The molecule has 194 valence electrons. The summed E-state index contributed by atoms with van der Waals surface area (Å²) in [4.78, 5) is 0. The Hall–Kier alpha value is 0.0569. The molecule has 0 aliphatic rings. The molecule has 0 N–H and O–H groups in total. The number of unbranched alkanes of at least 4 members (excludes halogenated alkanes) is 15. The van der Waals surface area contributed by atoms with Gasteiger partial charge in [-0.3, -0.25) is 0 Å². The first kappa shape index (κ1) is 32.1. The molecule has 0 saturated heterocycles. The normalized spacial score (nSPS) is 12.0. The van der Waals surface area contributed by atoms with Gasteiger partial charge in [0, 0.05) is 6.61 Å². The third-order valence-electron chi connectivity index (χ3n) is 5.65. The lowest BCUT2D eigenvalue weighted by molar-refractivity contribution is 0.00834. The Labute approximate surface area is 202 Å². The second kappa shape index (κ2) is 25.7. The highest BCUT2D eigenvalue weighted by Gasteiger charge is 2.12. The van der Waals surface area contributed by atoms with Crippen molar-refractivity contribution in [2.75, 3.05) is 46.2 Å². The van der Waals surface area contributed by atoms with E-state index in [1.807, 2.05) is 0 Å². The van der Waals surface area contributed by atoms with Gasteiger partial charge in [0.1, 0.15) is 0 Å². The minimum Gasteiger partial charge on any atom is -0.415 e. The lowest BCUT2D eigenvalue weighted by atomic mass is 10.0. The molecule has 0 saturated carbocycles. The van der Waals surface area contributed by atoms with E-state index in [-0.39, 0.29) is 0 Å². The van der Waals surface area contributed by atoms with Crippen LogP contribution in [0.1, 0.15) is 110 Å². The minimum absolute atomic E-state index is 0.633. The van der Waals surface area contributed by atoms with Crippen molar-refractivity contribution < 1.29 is 18.6 Å². The zero-order chi connectivity index (χ0) is 23.6. The van der Waals surface area contributed by atoms with E-state index in [0.29, 0.717) is 39.6 Å². The maximum atomic E-state index is 5.73. The van der Waals surface area contributed by atoms with E-state index in [1.165, 1.54) is 103 Å². The molecule has 0 atom stereocenters. The fraction of sp³-hybridized carbons (Fsp3) is 1.00. The highest BCUT2D eigenvalue weighted by atomic mass is 28.4. The topological polar surface area (TPSA) is 36.9 Å². The van der Waals surface area contributed by atoms with Crippen LogP contribution in [0.3, 0.4) is 0 Å². The lowest BCUT2D eigenvalue weighted by Gasteiger charge is -2.16. The van der Waals surface area contributed by atoms with Crippen molar-refractivity contribution >= 4 is 8.32 Å². The molecule has 0 aromatic carbocycles. The van der Waals surface area contributed by atoms with Crippen molar-refractivity contribution in [3.05, 3.63) is 0 Å². The number of ether oxygens (including phenoxy) is 3. The lowest BCUT2D eigenvalue weighted by Crippen LogP contribution is -2.27. The zero-order valence-corrected chi connectivity index (χ0v) is 23.4. The molecule has 5 heteroatoms. The van der Waals surface area contributed by atoms with Gasteiger partial charge in [0.25, 0.3) is 0 Å². The summed E-state index contributed by atoms with van der Waals surface area (Å²) in [5, 5.41) is 0. The van der Waals surface area contributed by atoms with Gasteiger partial charge in [-0.05, 0) is 26.1 Å². The van der Waals surface area contributed by atoms with E-state index in [1.54, 1.807) is 0 Å². The molecular weight excluding hydrogens is 416 g/mol. The first-order valence-electron chi connectivity index (χ1n) is 13.9. The van der Waals surface area contributed by atoms with Gasteiger partial charge in [-0.2, -0.15) is 0 Å². The van der Waals surface area contributed by atoms with Crippen LogP contribution in [0.25, 0.3) is 0 Å². The van der Waals surface area contributed by atoms with Crippen molar-refractivity contribution in [1.29, 1.82) is 0 Å². The summed E-state index contributed by atoms with van der Waals surface area (Å²) in [5.74, 6) is 0. The average molecular weight is 475 g/mol. The number of hydrogen-bond acceptors (Lipinski definition) is 4. The Kier molecular flexibility index (Phi) is 25.7. The standard InChI is InChI=1S/C27H58O4Si/c1-5-6-7-8-9-10-11-12-13-14-15-16-17-18-19-20-21-28-22-23-29-24-25-30-26-27-31-32(2,3)4/h5-27H2,1-4H3. The van der Waals surface area contributed by atoms with Gasteiger partial charge in [0.2, 0.25) is 0 Å². The number of hydrogen-bond donors (Lipinski definition) is 0. The highest BCUT2D eigenvalue weighted by Crippen LogP contribution is 2.13. The molecule has 4 nitrogen and oxygen atoms in total. The van der Waals surface area contributed by atoms with Crippen molar-refractivity contribution in [3.8, 4) is 0 Å². The third-order valence-corrected chi connectivity index (χ3v) is 6.72. The maximum absolute atomic E-state index is 5.73. The second-order valence-electron chi connectivity index (χ2n) is 10.1. The van der Waals surface area contributed by atoms with Gasteiger partial charge < -0.3 is 18.6 Å². The summed E-state index contributed by atoms with van der Waals surface area (Å²) >= 11 is 0. The quantitative estimate of drug-likeness (QED) is 0.0889. The maximum Gasteiger partial charge on any atom is 0.183 e. The van der Waals surface area contributed by atoms with Crippen molar-refractivity contribution in [2.24, 2.45) is 0 Å². The average Bonchev–Trinajstić information content (AvgIpc) is 2.75. The largest absolute Gasteiger partial charge is 0.415 e. The smallest absolute Gasteiger partial charge is 0.183 e. The van der Waals surface area contributed by atoms with E-state index in [0.717, 1.165) is 6.61 Å². The Morgan fingerprint density at radius 3 is 1.06 bits per heavy atom. The van der Waals surface area contributed by atoms with Crippen LogP contribution in [-0.4, -0.2) is 54.6 Å². The van der Waals surface area contributed by atoms with E-state index in [4.69, 9.17) is 18.6 Å². The van der Waals surface area contributed by atoms with Gasteiger partial charge in [-0.25, -0.2) is 0 Å². The third kappa shape index (κ3) is 30.1. The molecule has 0 amide bonds. The van der Waals surface area contributed by atoms with Gasteiger partial charge >= 0.3 is 0 Å². The SMILES string of the molecule is CCCCCCCCCCCCCCCCCCOCCOCCOCCO[Si](C)(C)C. The molecule has 0 aliphatic heterocycles. The Bertz CT molecular complexity index is 347. The molecule has 0 heterocycles. The molecule has 0 aliphatic carbocycles. The number of rotatable bonds is 27. The van der Waals surface area contributed by atoms with Crippen LogP contribution < -0.4 is 0 Å². The zero-order valence-electron chi connectivity index (χ0n) is 22.4. The van der Waals surface area contributed by atoms with Crippen molar-refractivity contribution in [3.63, 3.8) is 0 Å². The molecule has 0 unspecified atom stereocenters. The van der Waals surface area contributed by atoms with Crippen molar-refractivity contribution in [1.82, 2.24) is 0 Å². The molecule has 0 aromatic heterocycles. The summed E-state index contributed by atoms with van der Waals surface area (Å²) in [6.45, 7) is 13.7. The van der Waals surface area contributed by atoms with Crippen LogP contribution in [0.4, 0.5) is 0 Å². The van der Waals surface area contributed by atoms with E-state index in [2.05, 4.69) is 26.6 Å². The second-order valence-corrected chi connectivity index (χ2v) is 14.6. The Balaban J connectivity index is 3.02. The van der Waals surface area contributed by atoms with Gasteiger partial charge in [0.05, 0.1) is 39.6 Å². The molecule has 0 spiro atoms. The summed E-state index contributed by atoms with van der Waals surface area (Å²) in [6.07, 6.45) is 22.5. The Morgan fingerprint density at radius 2 is 0.688 bits per heavy atom. The van der Waals surface area contributed by atoms with Crippen LogP contribution in [0, 0.1) is 0 Å². The fourth-order valence-corrected chi connectivity index (χ4v) is 4.40. The molecule has 32 heavy (non-hydrogen) atoms. The first-order valence-corrected chi connectivity index (χ1v) is 17.3. The summed E-state index contributed by atoms with van der Waals surface area (Å²) in [6, 6.07) is 0. The monoisotopic (exact) mass is 474 g/mol. The molecule has 0 radical (unpaired) electrons. The highest BCUT2D eigenvalue weighted by molar-refractivity contribution is 6.69. The van der Waals surface area contributed by atoms with Crippen LogP contribution in [0.5, 0.6) is 0 Å². The predicted octanol–water partition coefficient (Wildman–Crippen LogP) is 8.15. The van der Waals surface area contributed by atoms with Crippen LogP contribution >= 0.6 is 0 Å². The van der Waals surface area contributed by atoms with Gasteiger partial charge in [-0.1, -0.05) is 103 Å². The molecule has 0 rings (SSSR count). The molecule has 0 fully saturated rings. The van der Waals surface area contributed by atoms with Crippen LogP contribution in [0.2, 0.25) is 19.6 Å². The Morgan fingerprint density at radius 1 is 0.375 bits per heavy atom. The fourth-order valence-electron chi connectivity index (χ4n) is 3.70. The summed E-state index contributed by atoms with van der Waals surface area (Å²) in [7, 11) is -1.41.